The van der Waals surface area contributed by atoms with E-state index in [-0.39, 0.29) is 18.6 Å². The Balaban J connectivity index is 1.58. The quantitative estimate of drug-likeness (QED) is 0.390. The summed E-state index contributed by atoms with van der Waals surface area (Å²) >= 11 is 0. The first-order valence-electron chi connectivity index (χ1n) is 9.94. The van der Waals surface area contributed by atoms with Gasteiger partial charge in [0.05, 0.1) is 11.1 Å². The molecule has 1 heterocycles. The van der Waals surface area contributed by atoms with Crippen LogP contribution in [-0.2, 0) is 27.7 Å². The van der Waals surface area contributed by atoms with Crippen LogP contribution in [0.25, 0.3) is 0 Å². The average molecular weight is 445 g/mol. The van der Waals surface area contributed by atoms with Gasteiger partial charge in [-0.3, -0.25) is 4.79 Å². The molecule has 166 valence electrons. The molecule has 0 spiro atoms. The molecule has 32 heavy (non-hydrogen) atoms. The third-order valence-electron chi connectivity index (χ3n) is 6.17. The van der Waals surface area contributed by atoms with Gasteiger partial charge in [-0.15, -0.1) is 6.42 Å². The molecule has 1 saturated carbocycles. The van der Waals surface area contributed by atoms with E-state index in [1.54, 1.807) is 12.1 Å². The summed E-state index contributed by atoms with van der Waals surface area (Å²) in [7, 11) is 0. The maximum Gasteiger partial charge on any atom is 0.416 e. The third-order valence-corrected chi connectivity index (χ3v) is 6.17. The first-order valence-corrected chi connectivity index (χ1v) is 9.94. The molecule has 1 unspecified atom stereocenters. The topological polar surface area (TPSA) is 55.4 Å². The number of fused-ring (bicyclic) bond motifs is 1. The zero-order valence-electron chi connectivity index (χ0n) is 17.1. The second-order valence-corrected chi connectivity index (χ2v) is 8.53. The van der Waals surface area contributed by atoms with Crippen LogP contribution in [0.3, 0.4) is 0 Å². The van der Waals surface area contributed by atoms with Crippen molar-refractivity contribution in [1.29, 1.82) is 0 Å². The normalized spacial score (nSPS) is 18.2. The summed E-state index contributed by atoms with van der Waals surface area (Å²) in [4.78, 5) is 24.6. The summed E-state index contributed by atoms with van der Waals surface area (Å²) in [6.07, 6.45) is 1.91. The molecule has 1 atom stereocenters. The number of hydrogen-bond donors (Lipinski definition) is 1. The predicted octanol–water partition coefficient (Wildman–Crippen LogP) is 5.21. The Morgan fingerprint density at radius 3 is 2.56 bits per heavy atom. The summed E-state index contributed by atoms with van der Waals surface area (Å²) in [6.45, 7) is 1.61. The highest BCUT2D eigenvalue weighted by molar-refractivity contribution is 5.99. The Hall–Kier alpha value is -3.34. The number of carbonyl (C=O) groups excluding carboxylic acids is 2. The van der Waals surface area contributed by atoms with Gasteiger partial charge in [0, 0.05) is 16.7 Å². The van der Waals surface area contributed by atoms with Crippen molar-refractivity contribution < 1.29 is 31.9 Å². The lowest BCUT2D eigenvalue weighted by Gasteiger charge is -2.29. The zero-order valence-corrected chi connectivity index (χ0v) is 17.1. The minimum atomic E-state index is -4.61. The first-order chi connectivity index (χ1) is 15.0. The highest BCUT2D eigenvalue weighted by atomic mass is 19.4. The van der Waals surface area contributed by atoms with E-state index in [0.717, 1.165) is 12.1 Å². The minimum Gasteiger partial charge on any atom is -0.457 e. The second kappa shape index (κ2) is 7.37. The van der Waals surface area contributed by atoms with Gasteiger partial charge in [-0.2, -0.15) is 13.2 Å². The molecule has 1 aliphatic heterocycles. The van der Waals surface area contributed by atoms with Crippen LogP contribution in [0.4, 0.5) is 23.2 Å². The number of benzene rings is 2. The van der Waals surface area contributed by atoms with Crippen molar-refractivity contribution in [3.8, 4) is 12.3 Å². The standard InChI is InChI=1S/C24H19F4NO3/c1-3-22(2,21(31)29-16-5-6-17-14(10-16)12-32-20(17)30)13-23(8-9-23)18-11-15(24(26,27)28)4-7-19(18)25/h1,4-7,10-11H,8-9,12-13H2,2H3,(H,29,31). The molecule has 2 aromatic rings. The summed E-state index contributed by atoms with van der Waals surface area (Å²) in [5.41, 5.74) is -1.91. The number of carbonyl (C=O) groups is 2. The minimum absolute atomic E-state index is 0.00684. The average Bonchev–Trinajstić information content (AvgIpc) is 3.42. The summed E-state index contributed by atoms with van der Waals surface area (Å²) < 4.78 is 58.9. The molecule has 1 fully saturated rings. The van der Waals surface area contributed by atoms with Crippen LogP contribution >= 0.6 is 0 Å². The van der Waals surface area contributed by atoms with Crippen molar-refractivity contribution in [3.63, 3.8) is 0 Å². The number of amides is 1. The van der Waals surface area contributed by atoms with E-state index >= 15 is 0 Å². The Labute approximate surface area is 182 Å². The van der Waals surface area contributed by atoms with Crippen molar-refractivity contribution in [2.75, 3.05) is 5.32 Å². The van der Waals surface area contributed by atoms with E-state index in [1.807, 2.05) is 0 Å². The molecule has 4 nitrogen and oxygen atoms in total. The van der Waals surface area contributed by atoms with E-state index < -0.39 is 40.3 Å². The van der Waals surface area contributed by atoms with Gasteiger partial charge in [0.2, 0.25) is 5.91 Å². The maximum atomic E-state index is 14.5. The number of hydrogen-bond acceptors (Lipinski definition) is 3. The molecule has 4 rings (SSSR count). The van der Waals surface area contributed by atoms with Crippen molar-refractivity contribution in [3.05, 3.63) is 64.5 Å². The summed E-state index contributed by atoms with van der Waals surface area (Å²) in [6, 6.07) is 7.00. The van der Waals surface area contributed by atoms with Crippen LogP contribution in [0.15, 0.2) is 36.4 Å². The monoisotopic (exact) mass is 445 g/mol. The fourth-order valence-corrected chi connectivity index (χ4v) is 4.15. The highest BCUT2D eigenvalue weighted by Crippen LogP contribution is 2.56. The number of esters is 1. The molecule has 1 aliphatic carbocycles. The Morgan fingerprint density at radius 2 is 1.94 bits per heavy atom. The SMILES string of the molecule is C#CC(C)(CC1(c2cc(C(F)(F)F)ccc2F)CC1)C(=O)Nc1ccc2c(c1)COC2=O. The number of anilines is 1. The third kappa shape index (κ3) is 3.83. The largest absolute Gasteiger partial charge is 0.457 e. The maximum absolute atomic E-state index is 14.5. The Bertz CT molecular complexity index is 1160. The van der Waals surface area contributed by atoms with Gasteiger partial charge >= 0.3 is 12.1 Å². The lowest BCUT2D eigenvalue weighted by Crippen LogP contribution is -2.36. The summed E-state index contributed by atoms with van der Waals surface area (Å²) in [5, 5.41) is 2.71. The second-order valence-electron chi connectivity index (χ2n) is 8.53. The number of ether oxygens (including phenoxy) is 1. The fraction of sp³-hybridized carbons (Fsp3) is 0.333. The molecule has 0 bridgehead atoms. The van der Waals surface area contributed by atoms with Crippen molar-refractivity contribution in [2.24, 2.45) is 5.41 Å². The summed E-state index contributed by atoms with van der Waals surface area (Å²) in [5.74, 6) is 0.723. The van der Waals surface area contributed by atoms with Crippen LogP contribution in [-0.4, -0.2) is 11.9 Å². The molecule has 8 heteroatoms. The number of terminal acetylenes is 1. The molecule has 1 N–H and O–H groups in total. The fourth-order valence-electron chi connectivity index (χ4n) is 4.15. The molecule has 0 saturated heterocycles. The van der Waals surface area contributed by atoms with E-state index in [2.05, 4.69) is 11.2 Å². The van der Waals surface area contributed by atoms with Gasteiger partial charge in [-0.1, -0.05) is 5.92 Å². The zero-order chi connectivity index (χ0) is 23.3. The smallest absolute Gasteiger partial charge is 0.416 e. The van der Waals surface area contributed by atoms with Gasteiger partial charge in [-0.25, -0.2) is 9.18 Å². The predicted molar refractivity (Wildman–Crippen MR) is 108 cm³/mol. The van der Waals surface area contributed by atoms with E-state index in [0.29, 0.717) is 35.7 Å². The van der Waals surface area contributed by atoms with Gasteiger partial charge in [-0.05, 0) is 68.1 Å². The molecule has 1 amide bonds. The van der Waals surface area contributed by atoms with Crippen LogP contribution in [0.1, 0.15) is 53.2 Å². The van der Waals surface area contributed by atoms with Gasteiger partial charge < -0.3 is 10.1 Å². The van der Waals surface area contributed by atoms with Crippen LogP contribution in [0, 0.1) is 23.6 Å². The van der Waals surface area contributed by atoms with Gasteiger partial charge in [0.25, 0.3) is 0 Å². The highest BCUT2D eigenvalue weighted by Gasteiger charge is 2.52. The molecule has 2 aromatic carbocycles. The lowest BCUT2D eigenvalue weighted by atomic mass is 9.75. The Morgan fingerprint density at radius 1 is 1.22 bits per heavy atom. The van der Waals surface area contributed by atoms with Gasteiger partial charge in [0.1, 0.15) is 17.8 Å². The number of halogens is 4. The first kappa shape index (κ1) is 21.9. The number of cyclic esters (lactones) is 1. The molecule has 0 radical (unpaired) electrons. The van der Waals surface area contributed by atoms with Crippen LogP contribution in [0.2, 0.25) is 0 Å². The number of alkyl halides is 3. The van der Waals surface area contributed by atoms with Crippen molar-refractivity contribution >= 4 is 17.6 Å². The number of nitrogens with one attached hydrogen (secondary N) is 1. The molecular formula is C24H19F4NO3. The molecule has 2 aliphatic rings. The van der Waals surface area contributed by atoms with Gasteiger partial charge in [0.15, 0.2) is 0 Å². The number of rotatable bonds is 5. The molecule has 0 aromatic heterocycles. The van der Waals surface area contributed by atoms with Crippen LogP contribution < -0.4 is 5.32 Å². The van der Waals surface area contributed by atoms with Crippen molar-refractivity contribution in [2.45, 2.75) is 44.4 Å². The Kier molecular flexibility index (Phi) is 5.04. The lowest BCUT2D eigenvalue weighted by molar-refractivity contribution is -0.137. The van der Waals surface area contributed by atoms with E-state index in [9.17, 15) is 27.2 Å². The van der Waals surface area contributed by atoms with E-state index in [4.69, 9.17) is 11.2 Å². The van der Waals surface area contributed by atoms with E-state index in [1.165, 1.54) is 13.0 Å². The van der Waals surface area contributed by atoms with Crippen LogP contribution in [0.5, 0.6) is 0 Å². The molecular weight excluding hydrogens is 426 g/mol. The van der Waals surface area contributed by atoms with Crippen molar-refractivity contribution in [1.82, 2.24) is 0 Å².